The number of nitrogens with zero attached hydrogens (tertiary/aromatic N) is 1. The van der Waals surface area contributed by atoms with E-state index in [9.17, 15) is 9.59 Å². The smallest absolute Gasteiger partial charge is 0.286 e. The molecule has 1 aromatic rings. The van der Waals surface area contributed by atoms with Gasteiger partial charge in [0.2, 0.25) is 5.91 Å². The Morgan fingerprint density at radius 1 is 1.13 bits per heavy atom. The van der Waals surface area contributed by atoms with Gasteiger partial charge in [0.05, 0.1) is 6.26 Å². The standard InChI is InChI=1S/C18H26N2O3/c21-16(6-11-19-17(22)15-5-4-14-23-15)20-12-9-18(10-13-20)7-2-1-3-8-18/h4-5,14H,1-3,6-13H2,(H,19,22). The lowest BCUT2D eigenvalue weighted by Gasteiger charge is -2.44. The van der Waals surface area contributed by atoms with E-state index in [1.165, 1.54) is 38.4 Å². The molecule has 1 spiro atoms. The van der Waals surface area contributed by atoms with Crippen molar-refractivity contribution in [3.63, 3.8) is 0 Å². The SMILES string of the molecule is O=C(NCCC(=O)N1CCC2(CCCCC2)CC1)c1ccco1. The minimum atomic E-state index is -0.261. The molecule has 5 heteroatoms. The summed E-state index contributed by atoms with van der Waals surface area (Å²) < 4.78 is 5.03. The van der Waals surface area contributed by atoms with Crippen molar-refractivity contribution in [3.05, 3.63) is 24.2 Å². The van der Waals surface area contributed by atoms with E-state index >= 15 is 0 Å². The van der Waals surface area contributed by atoms with Gasteiger partial charge in [-0.3, -0.25) is 9.59 Å². The summed E-state index contributed by atoms with van der Waals surface area (Å²) in [5.41, 5.74) is 0.516. The summed E-state index contributed by atoms with van der Waals surface area (Å²) in [6, 6.07) is 3.29. The molecule has 1 aromatic heterocycles. The second kappa shape index (κ2) is 7.20. The molecule has 1 N–H and O–H groups in total. The van der Waals surface area contributed by atoms with E-state index in [-0.39, 0.29) is 17.6 Å². The molecule has 5 nitrogen and oxygen atoms in total. The van der Waals surface area contributed by atoms with Gasteiger partial charge in [0, 0.05) is 26.1 Å². The van der Waals surface area contributed by atoms with Crippen LogP contribution in [0.4, 0.5) is 0 Å². The highest BCUT2D eigenvalue weighted by atomic mass is 16.3. The summed E-state index contributed by atoms with van der Waals surface area (Å²) in [4.78, 5) is 26.0. The monoisotopic (exact) mass is 318 g/mol. The fourth-order valence-corrected chi connectivity index (χ4v) is 3.97. The number of carbonyl (C=O) groups excluding carboxylic acids is 2. The number of hydrogen-bond acceptors (Lipinski definition) is 3. The zero-order chi connectivity index (χ0) is 16.1. The quantitative estimate of drug-likeness (QED) is 0.928. The van der Waals surface area contributed by atoms with E-state index < -0.39 is 0 Å². The molecule has 0 atom stereocenters. The van der Waals surface area contributed by atoms with E-state index in [0.717, 1.165) is 25.9 Å². The first-order valence-electron chi connectivity index (χ1n) is 8.78. The first-order chi connectivity index (χ1) is 11.2. The Hall–Kier alpha value is -1.78. The zero-order valence-corrected chi connectivity index (χ0v) is 13.7. The van der Waals surface area contributed by atoms with Crippen LogP contribution in [0.3, 0.4) is 0 Å². The summed E-state index contributed by atoms with van der Waals surface area (Å²) in [5.74, 6) is 0.174. The van der Waals surface area contributed by atoms with Gasteiger partial charge in [-0.2, -0.15) is 0 Å². The number of piperidine rings is 1. The third-order valence-electron chi connectivity index (χ3n) is 5.46. The molecule has 23 heavy (non-hydrogen) atoms. The molecule has 2 heterocycles. The Kier molecular flexibility index (Phi) is 5.03. The lowest BCUT2D eigenvalue weighted by Crippen LogP contribution is -2.44. The largest absolute Gasteiger partial charge is 0.459 e. The maximum absolute atomic E-state index is 12.3. The maximum atomic E-state index is 12.3. The van der Waals surface area contributed by atoms with Crippen LogP contribution >= 0.6 is 0 Å². The number of nitrogens with one attached hydrogen (secondary N) is 1. The van der Waals surface area contributed by atoms with Crippen molar-refractivity contribution in [1.82, 2.24) is 10.2 Å². The van der Waals surface area contributed by atoms with Crippen LogP contribution < -0.4 is 5.32 Å². The highest BCUT2D eigenvalue weighted by molar-refractivity contribution is 5.91. The van der Waals surface area contributed by atoms with E-state index in [1.54, 1.807) is 12.1 Å². The molecule has 0 unspecified atom stereocenters. The van der Waals surface area contributed by atoms with E-state index in [1.807, 2.05) is 4.90 Å². The molecule has 1 saturated carbocycles. The minimum Gasteiger partial charge on any atom is -0.459 e. The number of likely N-dealkylation sites (tertiary alicyclic amines) is 1. The third kappa shape index (κ3) is 3.95. The van der Waals surface area contributed by atoms with Gasteiger partial charge in [-0.25, -0.2) is 0 Å². The minimum absolute atomic E-state index is 0.149. The topological polar surface area (TPSA) is 62.6 Å². The predicted molar refractivity (Wildman–Crippen MR) is 87.0 cm³/mol. The van der Waals surface area contributed by atoms with Gasteiger partial charge in [-0.1, -0.05) is 19.3 Å². The van der Waals surface area contributed by atoms with E-state index in [4.69, 9.17) is 4.42 Å². The fourth-order valence-electron chi connectivity index (χ4n) is 3.97. The third-order valence-corrected chi connectivity index (χ3v) is 5.46. The predicted octanol–water partition coefficient (Wildman–Crippen LogP) is 2.97. The average Bonchev–Trinajstić information content (AvgIpc) is 3.11. The molecule has 0 aromatic carbocycles. The second-order valence-electron chi connectivity index (χ2n) is 6.92. The van der Waals surface area contributed by atoms with Crippen LogP contribution in [0.5, 0.6) is 0 Å². The van der Waals surface area contributed by atoms with Gasteiger partial charge in [-0.15, -0.1) is 0 Å². The Morgan fingerprint density at radius 2 is 1.87 bits per heavy atom. The molecule has 126 valence electrons. The molecular formula is C18H26N2O3. The van der Waals surface area contributed by atoms with Gasteiger partial charge >= 0.3 is 0 Å². The fraction of sp³-hybridized carbons (Fsp3) is 0.667. The van der Waals surface area contributed by atoms with Gasteiger partial charge in [0.1, 0.15) is 0 Å². The van der Waals surface area contributed by atoms with Gasteiger partial charge in [-0.05, 0) is 43.2 Å². The summed E-state index contributed by atoms with van der Waals surface area (Å²) in [7, 11) is 0. The summed E-state index contributed by atoms with van der Waals surface area (Å²) >= 11 is 0. The lowest BCUT2D eigenvalue weighted by atomic mass is 9.68. The van der Waals surface area contributed by atoms with Crippen molar-refractivity contribution in [2.45, 2.75) is 51.4 Å². The number of furan rings is 1. The zero-order valence-electron chi connectivity index (χ0n) is 13.7. The van der Waals surface area contributed by atoms with Gasteiger partial charge < -0.3 is 14.6 Å². The maximum Gasteiger partial charge on any atom is 0.286 e. The van der Waals surface area contributed by atoms with E-state index in [2.05, 4.69) is 5.32 Å². The summed E-state index contributed by atoms with van der Waals surface area (Å²) in [6.45, 7) is 2.12. The van der Waals surface area contributed by atoms with Crippen LogP contribution in [0.2, 0.25) is 0 Å². The molecule has 0 radical (unpaired) electrons. The number of hydrogen-bond donors (Lipinski definition) is 1. The lowest BCUT2D eigenvalue weighted by molar-refractivity contribution is -0.133. The molecule has 1 saturated heterocycles. The second-order valence-corrected chi connectivity index (χ2v) is 6.92. The van der Waals surface area contributed by atoms with Gasteiger partial charge in [0.15, 0.2) is 5.76 Å². The molecule has 2 aliphatic rings. The van der Waals surface area contributed by atoms with Crippen molar-refractivity contribution in [3.8, 4) is 0 Å². The molecule has 1 aliphatic carbocycles. The summed E-state index contributed by atoms with van der Waals surface area (Å²) in [5, 5.41) is 2.73. The summed E-state index contributed by atoms with van der Waals surface area (Å²) in [6.07, 6.45) is 10.9. The molecule has 2 fully saturated rings. The van der Waals surface area contributed by atoms with E-state index in [0.29, 0.717) is 18.4 Å². The Bertz CT molecular complexity index is 522. The Labute approximate surface area is 137 Å². The van der Waals surface area contributed by atoms with Crippen LogP contribution in [0.15, 0.2) is 22.8 Å². The van der Waals surface area contributed by atoms with Crippen molar-refractivity contribution < 1.29 is 14.0 Å². The van der Waals surface area contributed by atoms with Crippen LogP contribution in [0, 0.1) is 5.41 Å². The van der Waals surface area contributed by atoms with Crippen molar-refractivity contribution in [2.24, 2.45) is 5.41 Å². The average molecular weight is 318 g/mol. The van der Waals surface area contributed by atoms with Crippen molar-refractivity contribution >= 4 is 11.8 Å². The van der Waals surface area contributed by atoms with Crippen LogP contribution in [0.1, 0.15) is 61.9 Å². The number of rotatable bonds is 4. The van der Waals surface area contributed by atoms with Crippen LogP contribution in [-0.4, -0.2) is 36.3 Å². The Balaban J connectivity index is 1.39. The molecular weight excluding hydrogens is 292 g/mol. The first-order valence-corrected chi connectivity index (χ1v) is 8.78. The highest BCUT2D eigenvalue weighted by Gasteiger charge is 2.36. The number of carbonyl (C=O) groups is 2. The van der Waals surface area contributed by atoms with Crippen molar-refractivity contribution in [2.75, 3.05) is 19.6 Å². The van der Waals surface area contributed by atoms with Gasteiger partial charge in [0.25, 0.3) is 5.91 Å². The molecule has 2 amide bonds. The van der Waals surface area contributed by atoms with Crippen LogP contribution in [-0.2, 0) is 4.79 Å². The molecule has 0 bridgehead atoms. The normalized spacial score (nSPS) is 20.4. The highest BCUT2D eigenvalue weighted by Crippen LogP contribution is 2.44. The number of amides is 2. The first kappa shape index (κ1) is 16.1. The molecule has 1 aliphatic heterocycles. The Morgan fingerprint density at radius 3 is 2.52 bits per heavy atom. The molecule has 3 rings (SSSR count). The van der Waals surface area contributed by atoms with Crippen molar-refractivity contribution in [1.29, 1.82) is 0 Å². The van der Waals surface area contributed by atoms with Crippen LogP contribution in [0.25, 0.3) is 0 Å².